The first-order valence-electron chi connectivity index (χ1n) is 11.7. The second-order valence-electron chi connectivity index (χ2n) is 8.89. The minimum absolute atomic E-state index is 0.00250. The summed E-state index contributed by atoms with van der Waals surface area (Å²) in [6.45, 7) is 1.13. The Morgan fingerprint density at radius 2 is 1.39 bits per heavy atom. The van der Waals surface area contributed by atoms with Crippen LogP contribution in [-0.2, 0) is 4.79 Å². The molecule has 174 valence electrons. The Labute approximate surface area is 203 Å². The molecule has 6 nitrogen and oxygen atoms in total. The number of nitrogens with one attached hydrogen (secondary N) is 2. The third-order valence-corrected chi connectivity index (χ3v) is 7.39. The van der Waals surface area contributed by atoms with Crippen LogP contribution in [0.5, 0.6) is 0 Å². The highest BCUT2D eigenvalue weighted by Gasteiger charge is 2.33. The number of likely N-dealkylation sites (tertiary alicyclic amines) is 1. The number of benzene rings is 2. The van der Waals surface area contributed by atoms with Crippen molar-refractivity contribution in [2.75, 3.05) is 13.1 Å². The van der Waals surface area contributed by atoms with E-state index in [4.69, 9.17) is 0 Å². The fraction of sp³-hybridized carbons (Fsp3) is 0.423. The Bertz CT molecular complexity index is 989. The van der Waals surface area contributed by atoms with Gasteiger partial charge in [-0.2, -0.15) is 0 Å². The summed E-state index contributed by atoms with van der Waals surface area (Å²) in [6.07, 6.45) is 5.11. The number of nitrogens with zero attached hydrogens (tertiary/aromatic N) is 1. The molecule has 0 aromatic heterocycles. The first kappa shape index (κ1) is 23.5. The topological polar surface area (TPSA) is 78.5 Å². The summed E-state index contributed by atoms with van der Waals surface area (Å²) in [5.74, 6) is -0.174. The van der Waals surface area contributed by atoms with Crippen LogP contribution in [0, 0.1) is 5.92 Å². The summed E-state index contributed by atoms with van der Waals surface area (Å²) in [7, 11) is 0. The van der Waals surface area contributed by atoms with Crippen molar-refractivity contribution in [2.45, 2.75) is 50.6 Å². The SMILES string of the molecule is O=C(N[C@@H]1CCCC[C@H]1NC(=O)C1CCN(C(=O)c2ccccc2Br)CC1)c1ccccc1. The number of amides is 3. The summed E-state index contributed by atoms with van der Waals surface area (Å²) < 4.78 is 0.788. The summed E-state index contributed by atoms with van der Waals surface area (Å²) >= 11 is 3.45. The van der Waals surface area contributed by atoms with E-state index in [9.17, 15) is 14.4 Å². The molecule has 1 aliphatic carbocycles. The van der Waals surface area contributed by atoms with Gasteiger partial charge in [-0.3, -0.25) is 14.4 Å². The minimum atomic E-state index is -0.110. The molecule has 2 aromatic carbocycles. The molecule has 1 saturated carbocycles. The molecule has 1 aliphatic heterocycles. The van der Waals surface area contributed by atoms with Crippen LogP contribution in [0.3, 0.4) is 0 Å². The lowest BCUT2D eigenvalue weighted by Gasteiger charge is -2.36. The van der Waals surface area contributed by atoms with Crippen molar-refractivity contribution in [2.24, 2.45) is 5.92 Å². The third-order valence-electron chi connectivity index (χ3n) is 6.70. The van der Waals surface area contributed by atoms with Gasteiger partial charge in [-0.1, -0.05) is 43.2 Å². The molecule has 3 amide bonds. The average Bonchev–Trinajstić information content (AvgIpc) is 2.85. The van der Waals surface area contributed by atoms with E-state index in [2.05, 4.69) is 26.6 Å². The lowest BCUT2D eigenvalue weighted by atomic mass is 9.88. The van der Waals surface area contributed by atoms with Crippen molar-refractivity contribution < 1.29 is 14.4 Å². The van der Waals surface area contributed by atoms with Gasteiger partial charge in [0.15, 0.2) is 0 Å². The zero-order chi connectivity index (χ0) is 23.2. The summed E-state index contributed by atoms with van der Waals surface area (Å²) in [4.78, 5) is 40.3. The Kier molecular flexibility index (Phi) is 7.81. The van der Waals surface area contributed by atoms with Crippen LogP contribution in [0.1, 0.15) is 59.2 Å². The van der Waals surface area contributed by atoms with Gasteiger partial charge in [-0.05, 0) is 65.9 Å². The minimum Gasteiger partial charge on any atom is -0.351 e. The maximum Gasteiger partial charge on any atom is 0.254 e. The van der Waals surface area contributed by atoms with Gasteiger partial charge in [0, 0.05) is 41.1 Å². The van der Waals surface area contributed by atoms with Crippen molar-refractivity contribution in [1.29, 1.82) is 0 Å². The molecule has 1 heterocycles. The van der Waals surface area contributed by atoms with Gasteiger partial charge in [-0.15, -0.1) is 0 Å². The average molecular weight is 512 g/mol. The number of carbonyl (C=O) groups excluding carboxylic acids is 3. The molecule has 0 unspecified atom stereocenters. The highest BCUT2D eigenvalue weighted by molar-refractivity contribution is 9.10. The monoisotopic (exact) mass is 511 g/mol. The quantitative estimate of drug-likeness (QED) is 0.632. The summed E-state index contributed by atoms with van der Waals surface area (Å²) in [5.41, 5.74) is 1.29. The standard InChI is InChI=1S/C26H30BrN3O3/c27-21-11-5-4-10-20(21)26(33)30-16-14-19(15-17-30)25(32)29-23-13-7-6-12-22(23)28-24(31)18-8-2-1-3-9-18/h1-5,8-11,19,22-23H,6-7,12-17H2,(H,28,31)(H,29,32)/t22-,23-/m1/s1. The zero-order valence-electron chi connectivity index (χ0n) is 18.6. The van der Waals surface area contributed by atoms with Crippen molar-refractivity contribution in [3.05, 3.63) is 70.2 Å². The van der Waals surface area contributed by atoms with E-state index < -0.39 is 0 Å². The van der Waals surface area contributed by atoms with Crippen LogP contribution in [0.25, 0.3) is 0 Å². The van der Waals surface area contributed by atoms with Crippen LogP contribution in [0.4, 0.5) is 0 Å². The molecule has 33 heavy (non-hydrogen) atoms. The maximum atomic E-state index is 13.0. The number of rotatable bonds is 5. The summed E-state index contributed by atoms with van der Waals surface area (Å²) in [5, 5.41) is 6.34. The molecule has 0 radical (unpaired) electrons. The first-order chi connectivity index (χ1) is 16.0. The number of hydrogen-bond donors (Lipinski definition) is 2. The second kappa shape index (κ2) is 11.0. The Morgan fingerprint density at radius 1 is 0.788 bits per heavy atom. The van der Waals surface area contributed by atoms with E-state index >= 15 is 0 Å². The number of halogens is 1. The predicted molar refractivity (Wildman–Crippen MR) is 131 cm³/mol. The van der Waals surface area contributed by atoms with E-state index in [1.54, 1.807) is 12.1 Å². The van der Waals surface area contributed by atoms with Crippen LogP contribution < -0.4 is 10.6 Å². The molecule has 0 bridgehead atoms. The number of hydrogen-bond acceptors (Lipinski definition) is 3. The van der Waals surface area contributed by atoms with Gasteiger partial charge in [0.25, 0.3) is 11.8 Å². The normalized spacial score (nSPS) is 21.3. The second-order valence-corrected chi connectivity index (χ2v) is 9.75. The van der Waals surface area contributed by atoms with Gasteiger partial charge in [-0.25, -0.2) is 0 Å². The van der Waals surface area contributed by atoms with Crippen LogP contribution in [0.2, 0.25) is 0 Å². The van der Waals surface area contributed by atoms with Gasteiger partial charge in [0.2, 0.25) is 5.91 Å². The largest absolute Gasteiger partial charge is 0.351 e. The first-order valence-corrected chi connectivity index (χ1v) is 12.5. The Morgan fingerprint density at radius 3 is 2.06 bits per heavy atom. The van der Waals surface area contributed by atoms with E-state index in [1.165, 1.54) is 0 Å². The predicted octanol–water partition coefficient (Wildman–Crippen LogP) is 4.16. The summed E-state index contributed by atoms with van der Waals surface area (Å²) in [6, 6.07) is 16.5. The number of piperidine rings is 1. The van der Waals surface area contributed by atoms with E-state index in [0.717, 1.165) is 30.2 Å². The van der Waals surface area contributed by atoms with Crippen LogP contribution in [0.15, 0.2) is 59.1 Å². The molecular weight excluding hydrogens is 482 g/mol. The lowest BCUT2D eigenvalue weighted by Crippen LogP contribution is -2.55. The highest BCUT2D eigenvalue weighted by atomic mass is 79.9. The van der Waals surface area contributed by atoms with Crippen molar-refractivity contribution in [1.82, 2.24) is 15.5 Å². The molecule has 2 atom stereocenters. The van der Waals surface area contributed by atoms with Crippen molar-refractivity contribution in [3.63, 3.8) is 0 Å². The fourth-order valence-electron chi connectivity index (χ4n) is 4.77. The molecule has 1 saturated heterocycles. The van der Waals surface area contributed by atoms with Gasteiger partial charge < -0.3 is 15.5 Å². The van der Waals surface area contributed by atoms with Crippen molar-refractivity contribution >= 4 is 33.7 Å². The van der Waals surface area contributed by atoms with Crippen LogP contribution >= 0.6 is 15.9 Å². The number of carbonyl (C=O) groups is 3. The van der Waals surface area contributed by atoms with E-state index in [-0.39, 0.29) is 35.7 Å². The van der Waals surface area contributed by atoms with E-state index in [1.807, 2.05) is 47.4 Å². The molecule has 2 fully saturated rings. The van der Waals surface area contributed by atoms with Gasteiger partial charge in [0.1, 0.15) is 0 Å². The molecular formula is C26H30BrN3O3. The van der Waals surface area contributed by atoms with Crippen LogP contribution in [-0.4, -0.2) is 47.8 Å². The third kappa shape index (κ3) is 5.82. The highest BCUT2D eigenvalue weighted by Crippen LogP contribution is 2.24. The molecule has 4 rings (SSSR count). The molecule has 7 heteroatoms. The Balaban J connectivity index is 1.30. The van der Waals surface area contributed by atoms with Crippen molar-refractivity contribution in [3.8, 4) is 0 Å². The zero-order valence-corrected chi connectivity index (χ0v) is 20.2. The van der Waals surface area contributed by atoms with Gasteiger partial charge in [0.05, 0.1) is 5.56 Å². The Hall–Kier alpha value is -2.67. The molecule has 2 N–H and O–H groups in total. The maximum absolute atomic E-state index is 13.0. The molecule has 2 aliphatic rings. The molecule has 0 spiro atoms. The smallest absolute Gasteiger partial charge is 0.254 e. The fourth-order valence-corrected chi connectivity index (χ4v) is 5.22. The molecule has 2 aromatic rings. The van der Waals surface area contributed by atoms with E-state index in [0.29, 0.717) is 37.1 Å². The lowest BCUT2D eigenvalue weighted by molar-refractivity contribution is -0.127. The van der Waals surface area contributed by atoms with Gasteiger partial charge >= 0.3 is 0 Å².